The molecule has 0 aliphatic carbocycles. The average molecular weight is 386 g/mol. The lowest BCUT2D eigenvalue weighted by atomic mass is 10.1. The summed E-state index contributed by atoms with van der Waals surface area (Å²) in [6, 6.07) is 10.6. The number of benzene rings is 1. The van der Waals surface area contributed by atoms with Crippen molar-refractivity contribution in [2.45, 2.75) is 52.7 Å². The molecule has 154 valence electrons. The molecule has 6 heteroatoms. The first-order valence-corrected chi connectivity index (χ1v) is 10.0. The maximum Gasteiger partial charge on any atom is 0.191 e. The molecule has 0 saturated carbocycles. The standard InChI is InChI=1S/C22H35N5O/c1-16(15-21-17(2)26-27(6)18(21)3)25-22(23-5)24-13-10-14-28-19(4)20-11-8-7-9-12-20/h7-9,11-12,16,19H,10,13-15H2,1-6H3,(H2,23,24,25). The first-order chi connectivity index (χ1) is 13.4. The van der Waals surface area contributed by atoms with Gasteiger partial charge in [-0.1, -0.05) is 30.3 Å². The van der Waals surface area contributed by atoms with Crippen molar-refractivity contribution >= 4 is 5.96 Å². The number of aliphatic imine (C=N–C) groups is 1. The van der Waals surface area contributed by atoms with Crippen LogP contribution in [0.5, 0.6) is 0 Å². The van der Waals surface area contributed by atoms with Gasteiger partial charge in [-0.2, -0.15) is 5.10 Å². The van der Waals surface area contributed by atoms with Crippen molar-refractivity contribution in [1.29, 1.82) is 0 Å². The van der Waals surface area contributed by atoms with E-state index in [9.17, 15) is 0 Å². The van der Waals surface area contributed by atoms with Crippen LogP contribution in [0.2, 0.25) is 0 Å². The van der Waals surface area contributed by atoms with Crippen molar-refractivity contribution in [2.24, 2.45) is 12.0 Å². The van der Waals surface area contributed by atoms with E-state index in [0.717, 1.165) is 31.0 Å². The molecule has 0 saturated heterocycles. The molecule has 1 aromatic heterocycles. The zero-order valence-electron chi connectivity index (χ0n) is 18.1. The van der Waals surface area contributed by atoms with Crippen LogP contribution in [-0.4, -0.2) is 42.0 Å². The highest BCUT2D eigenvalue weighted by Gasteiger charge is 2.14. The molecule has 0 fully saturated rings. The lowest BCUT2D eigenvalue weighted by molar-refractivity contribution is 0.0646. The Morgan fingerprint density at radius 3 is 2.54 bits per heavy atom. The van der Waals surface area contributed by atoms with Crippen LogP contribution < -0.4 is 10.6 Å². The van der Waals surface area contributed by atoms with E-state index in [2.05, 4.69) is 60.6 Å². The maximum atomic E-state index is 5.92. The van der Waals surface area contributed by atoms with E-state index < -0.39 is 0 Å². The molecular weight excluding hydrogens is 350 g/mol. The summed E-state index contributed by atoms with van der Waals surface area (Å²) < 4.78 is 7.87. The van der Waals surface area contributed by atoms with Gasteiger partial charge in [0.05, 0.1) is 11.8 Å². The monoisotopic (exact) mass is 385 g/mol. The number of guanidine groups is 1. The smallest absolute Gasteiger partial charge is 0.191 e. The molecule has 2 aromatic rings. The quantitative estimate of drug-likeness (QED) is 0.395. The number of nitrogens with one attached hydrogen (secondary N) is 2. The molecule has 0 spiro atoms. The van der Waals surface area contributed by atoms with Crippen LogP contribution in [-0.2, 0) is 18.2 Å². The molecular formula is C22H35N5O. The zero-order chi connectivity index (χ0) is 20.5. The Hall–Kier alpha value is -2.34. The molecule has 0 aliphatic heterocycles. The summed E-state index contributed by atoms with van der Waals surface area (Å²) in [5.41, 5.74) is 4.84. The summed E-state index contributed by atoms with van der Waals surface area (Å²) in [4.78, 5) is 4.33. The zero-order valence-corrected chi connectivity index (χ0v) is 18.1. The molecule has 2 unspecified atom stereocenters. The highest BCUT2D eigenvalue weighted by atomic mass is 16.5. The van der Waals surface area contributed by atoms with Gasteiger partial charge in [-0.15, -0.1) is 0 Å². The number of rotatable bonds is 9. The third kappa shape index (κ3) is 6.37. The van der Waals surface area contributed by atoms with Crippen LogP contribution in [0.1, 0.15) is 48.9 Å². The van der Waals surface area contributed by atoms with Crippen molar-refractivity contribution in [3.63, 3.8) is 0 Å². The number of aryl methyl sites for hydroxylation is 2. The predicted octanol–water partition coefficient (Wildman–Crippen LogP) is 3.30. The van der Waals surface area contributed by atoms with Crippen LogP contribution in [0, 0.1) is 13.8 Å². The fourth-order valence-corrected chi connectivity index (χ4v) is 3.26. The van der Waals surface area contributed by atoms with Gasteiger partial charge >= 0.3 is 0 Å². The van der Waals surface area contributed by atoms with Crippen LogP contribution in [0.3, 0.4) is 0 Å². The summed E-state index contributed by atoms with van der Waals surface area (Å²) in [5.74, 6) is 0.822. The van der Waals surface area contributed by atoms with Crippen LogP contribution in [0.25, 0.3) is 0 Å². The summed E-state index contributed by atoms with van der Waals surface area (Å²) in [5, 5.41) is 11.3. The van der Waals surface area contributed by atoms with Gasteiger partial charge in [-0.3, -0.25) is 9.67 Å². The van der Waals surface area contributed by atoms with E-state index in [1.807, 2.05) is 29.9 Å². The van der Waals surface area contributed by atoms with Crippen LogP contribution in [0.15, 0.2) is 35.3 Å². The van der Waals surface area contributed by atoms with E-state index in [1.165, 1.54) is 16.8 Å². The number of hydrogen-bond acceptors (Lipinski definition) is 3. The fraction of sp³-hybridized carbons (Fsp3) is 0.545. The van der Waals surface area contributed by atoms with Crippen LogP contribution in [0.4, 0.5) is 0 Å². The first kappa shape index (κ1) is 22.0. The molecule has 28 heavy (non-hydrogen) atoms. The predicted molar refractivity (Wildman–Crippen MR) is 116 cm³/mol. The van der Waals surface area contributed by atoms with E-state index in [0.29, 0.717) is 6.61 Å². The Bertz CT molecular complexity index is 754. The molecule has 0 bridgehead atoms. The Morgan fingerprint density at radius 1 is 1.21 bits per heavy atom. The second-order valence-electron chi connectivity index (χ2n) is 7.30. The fourth-order valence-electron chi connectivity index (χ4n) is 3.26. The van der Waals surface area contributed by atoms with Crippen molar-refractivity contribution in [2.75, 3.05) is 20.2 Å². The SMILES string of the molecule is CN=C(NCCCOC(C)c1ccccc1)NC(C)Cc1c(C)nn(C)c1C. The van der Waals surface area contributed by atoms with Gasteiger partial charge in [0.15, 0.2) is 5.96 Å². The molecule has 0 aliphatic rings. The van der Waals surface area contributed by atoms with Gasteiger partial charge < -0.3 is 15.4 Å². The number of aromatic nitrogens is 2. The molecule has 1 heterocycles. The highest BCUT2D eigenvalue weighted by Crippen LogP contribution is 2.16. The number of ether oxygens (including phenoxy) is 1. The summed E-state index contributed by atoms with van der Waals surface area (Å²) in [6.45, 7) is 9.98. The lowest BCUT2D eigenvalue weighted by Crippen LogP contribution is -2.43. The largest absolute Gasteiger partial charge is 0.374 e. The number of hydrogen-bond donors (Lipinski definition) is 2. The third-order valence-electron chi connectivity index (χ3n) is 5.03. The topological polar surface area (TPSA) is 63.5 Å². The summed E-state index contributed by atoms with van der Waals surface area (Å²) in [7, 11) is 3.79. The van der Waals surface area contributed by atoms with E-state index >= 15 is 0 Å². The van der Waals surface area contributed by atoms with Crippen LogP contribution >= 0.6 is 0 Å². The lowest BCUT2D eigenvalue weighted by Gasteiger charge is -2.18. The molecule has 2 N–H and O–H groups in total. The summed E-state index contributed by atoms with van der Waals surface area (Å²) >= 11 is 0. The minimum Gasteiger partial charge on any atom is -0.374 e. The van der Waals surface area contributed by atoms with Gasteiger partial charge in [0.2, 0.25) is 0 Å². The third-order valence-corrected chi connectivity index (χ3v) is 5.03. The van der Waals surface area contributed by atoms with E-state index in [4.69, 9.17) is 4.74 Å². The van der Waals surface area contributed by atoms with Gasteiger partial charge in [-0.05, 0) is 51.7 Å². The first-order valence-electron chi connectivity index (χ1n) is 10.0. The number of nitrogens with zero attached hydrogens (tertiary/aromatic N) is 3. The average Bonchev–Trinajstić information content (AvgIpc) is 2.93. The Balaban J connectivity index is 1.69. The molecule has 2 atom stereocenters. The van der Waals surface area contributed by atoms with Gasteiger partial charge in [-0.25, -0.2) is 0 Å². The Morgan fingerprint density at radius 2 is 1.93 bits per heavy atom. The van der Waals surface area contributed by atoms with Crippen molar-refractivity contribution in [1.82, 2.24) is 20.4 Å². The van der Waals surface area contributed by atoms with E-state index in [-0.39, 0.29) is 12.1 Å². The molecule has 1 aromatic carbocycles. The molecule has 0 radical (unpaired) electrons. The summed E-state index contributed by atoms with van der Waals surface area (Å²) in [6.07, 6.45) is 1.96. The van der Waals surface area contributed by atoms with Crippen molar-refractivity contribution in [3.05, 3.63) is 52.8 Å². The second-order valence-corrected chi connectivity index (χ2v) is 7.30. The minimum atomic E-state index is 0.115. The molecule has 0 amide bonds. The second kappa shape index (κ2) is 10.9. The Labute approximate surface area is 169 Å². The van der Waals surface area contributed by atoms with Gasteiger partial charge in [0.1, 0.15) is 0 Å². The Kier molecular flexibility index (Phi) is 8.51. The van der Waals surface area contributed by atoms with Crippen molar-refractivity contribution in [3.8, 4) is 0 Å². The minimum absolute atomic E-state index is 0.115. The normalized spacial score (nSPS) is 14.0. The molecule has 2 rings (SSSR count). The van der Waals surface area contributed by atoms with E-state index in [1.54, 1.807) is 7.05 Å². The highest BCUT2D eigenvalue weighted by molar-refractivity contribution is 5.79. The van der Waals surface area contributed by atoms with Gasteiger partial charge in [0, 0.05) is 39.0 Å². The van der Waals surface area contributed by atoms with Gasteiger partial charge in [0.25, 0.3) is 0 Å². The molecule has 6 nitrogen and oxygen atoms in total. The van der Waals surface area contributed by atoms with Crippen molar-refractivity contribution < 1.29 is 4.74 Å². The maximum absolute atomic E-state index is 5.92.